The minimum Gasteiger partial charge on any atom is -0.488 e. The van der Waals surface area contributed by atoms with Gasteiger partial charge in [0, 0.05) is 67.6 Å². The molecule has 2 aliphatic rings. The van der Waals surface area contributed by atoms with Crippen LogP contribution < -0.4 is 10.1 Å². The van der Waals surface area contributed by atoms with E-state index in [4.69, 9.17) is 9.47 Å². The summed E-state index contributed by atoms with van der Waals surface area (Å²) in [5.41, 5.74) is 1.82. The Morgan fingerprint density at radius 1 is 1.43 bits per heavy atom. The van der Waals surface area contributed by atoms with Crippen LogP contribution >= 0.6 is 11.3 Å². The molecule has 2 aromatic rings. The second-order valence-corrected chi connectivity index (χ2v) is 8.91. The second-order valence-electron chi connectivity index (χ2n) is 7.80. The SMILES string of the molecule is CC(=O)Nc1ncc(CN2CC[C@]3(C[C@@H](Oc4cc(C)nc(C)c4)CO3)C2)s1. The number of nitrogens with zero attached hydrogens (tertiary/aromatic N) is 3. The number of carbonyl (C=O) groups excluding carboxylic acids is 1. The van der Waals surface area contributed by atoms with Crippen LogP contribution in [0.1, 0.15) is 36.0 Å². The van der Waals surface area contributed by atoms with Crippen molar-refractivity contribution in [2.45, 2.75) is 51.9 Å². The lowest BCUT2D eigenvalue weighted by Gasteiger charge is -2.23. The highest BCUT2D eigenvalue weighted by Gasteiger charge is 2.46. The number of aromatic nitrogens is 2. The third-order valence-corrected chi connectivity index (χ3v) is 6.04. The number of aryl methyl sites for hydroxylation is 2. The van der Waals surface area contributed by atoms with Crippen molar-refractivity contribution < 1.29 is 14.3 Å². The van der Waals surface area contributed by atoms with Crippen molar-refractivity contribution in [1.29, 1.82) is 0 Å². The number of hydrogen-bond acceptors (Lipinski definition) is 7. The molecule has 0 saturated carbocycles. The molecule has 1 spiro atoms. The van der Waals surface area contributed by atoms with Gasteiger partial charge in [-0.25, -0.2) is 4.98 Å². The molecule has 1 N–H and O–H groups in total. The van der Waals surface area contributed by atoms with E-state index in [9.17, 15) is 4.79 Å². The van der Waals surface area contributed by atoms with Crippen molar-refractivity contribution in [3.8, 4) is 5.75 Å². The van der Waals surface area contributed by atoms with E-state index in [0.29, 0.717) is 11.7 Å². The topological polar surface area (TPSA) is 76.6 Å². The molecule has 0 aromatic carbocycles. The summed E-state index contributed by atoms with van der Waals surface area (Å²) in [5.74, 6) is 0.784. The number of pyridine rings is 1. The molecule has 4 rings (SSSR count). The predicted molar refractivity (Wildman–Crippen MR) is 108 cm³/mol. The molecule has 2 aliphatic heterocycles. The van der Waals surface area contributed by atoms with Crippen molar-refractivity contribution in [3.05, 3.63) is 34.6 Å². The van der Waals surface area contributed by atoms with Crippen LogP contribution in [0.15, 0.2) is 18.3 Å². The van der Waals surface area contributed by atoms with Crippen LogP contribution in [0, 0.1) is 13.8 Å². The van der Waals surface area contributed by atoms with Crippen LogP contribution in [-0.2, 0) is 16.1 Å². The fraction of sp³-hybridized carbons (Fsp3) is 0.550. The number of carbonyl (C=O) groups is 1. The standard InChI is InChI=1S/C20H26N4O3S/c1-13-6-16(7-14(2)22-13)27-17-8-20(26-11-17)4-5-24(12-20)10-18-9-21-19(28-18)23-15(3)25/h6-7,9,17H,4-5,8,10-12H2,1-3H3,(H,21,23,25)/t17-,20+/m1/s1. The molecule has 2 atom stereocenters. The third-order valence-electron chi connectivity index (χ3n) is 5.14. The Kier molecular flexibility index (Phi) is 5.35. The highest BCUT2D eigenvalue weighted by Crippen LogP contribution is 2.37. The molecule has 1 amide bonds. The summed E-state index contributed by atoms with van der Waals surface area (Å²) in [7, 11) is 0. The van der Waals surface area contributed by atoms with Crippen LogP contribution in [0.2, 0.25) is 0 Å². The lowest BCUT2D eigenvalue weighted by Crippen LogP contribution is -2.33. The number of anilines is 1. The van der Waals surface area contributed by atoms with Crippen LogP contribution in [0.5, 0.6) is 5.75 Å². The number of rotatable bonds is 5. The maximum absolute atomic E-state index is 11.1. The quantitative estimate of drug-likeness (QED) is 0.829. The molecule has 150 valence electrons. The zero-order chi connectivity index (χ0) is 19.7. The summed E-state index contributed by atoms with van der Waals surface area (Å²) in [6.07, 6.45) is 3.84. The smallest absolute Gasteiger partial charge is 0.223 e. The number of ether oxygens (including phenoxy) is 2. The van der Waals surface area contributed by atoms with Gasteiger partial charge in [-0.1, -0.05) is 0 Å². The summed E-state index contributed by atoms with van der Waals surface area (Å²) >= 11 is 1.53. The van der Waals surface area contributed by atoms with Gasteiger partial charge in [-0.15, -0.1) is 11.3 Å². The van der Waals surface area contributed by atoms with Gasteiger partial charge >= 0.3 is 0 Å². The van der Waals surface area contributed by atoms with Crippen molar-refractivity contribution in [2.75, 3.05) is 25.0 Å². The number of likely N-dealkylation sites (tertiary alicyclic amines) is 1. The molecule has 8 heteroatoms. The summed E-state index contributed by atoms with van der Waals surface area (Å²) in [5, 5.41) is 3.40. The highest BCUT2D eigenvalue weighted by molar-refractivity contribution is 7.15. The molecule has 0 bridgehead atoms. The maximum Gasteiger partial charge on any atom is 0.223 e. The summed E-state index contributed by atoms with van der Waals surface area (Å²) in [4.78, 5) is 23.4. The Morgan fingerprint density at radius 3 is 2.96 bits per heavy atom. The van der Waals surface area contributed by atoms with Gasteiger partial charge in [0.1, 0.15) is 11.9 Å². The summed E-state index contributed by atoms with van der Waals surface area (Å²) in [6.45, 7) is 8.81. The van der Waals surface area contributed by atoms with Gasteiger partial charge in [-0.3, -0.25) is 14.7 Å². The molecule has 2 saturated heterocycles. The van der Waals surface area contributed by atoms with E-state index in [1.807, 2.05) is 32.2 Å². The van der Waals surface area contributed by atoms with E-state index in [2.05, 4.69) is 20.2 Å². The largest absolute Gasteiger partial charge is 0.488 e. The van der Waals surface area contributed by atoms with Crippen molar-refractivity contribution >= 4 is 22.4 Å². The van der Waals surface area contributed by atoms with Crippen molar-refractivity contribution in [3.63, 3.8) is 0 Å². The first kappa shape index (κ1) is 19.3. The van der Waals surface area contributed by atoms with E-state index in [0.717, 1.165) is 54.5 Å². The van der Waals surface area contributed by atoms with E-state index < -0.39 is 0 Å². The molecule has 0 unspecified atom stereocenters. The average Bonchev–Trinajstić information content (AvgIpc) is 3.29. The fourth-order valence-electron chi connectivity index (χ4n) is 4.09. The van der Waals surface area contributed by atoms with Crippen molar-refractivity contribution in [1.82, 2.24) is 14.9 Å². The second kappa shape index (κ2) is 7.77. The first-order valence-electron chi connectivity index (χ1n) is 9.60. The molecule has 2 aromatic heterocycles. The molecular weight excluding hydrogens is 376 g/mol. The minimum absolute atomic E-state index is 0.0796. The van der Waals surface area contributed by atoms with Gasteiger partial charge < -0.3 is 14.8 Å². The molecule has 0 radical (unpaired) electrons. The van der Waals surface area contributed by atoms with E-state index >= 15 is 0 Å². The van der Waals surface area contributed by atoms with Crippen LogP contribution in [-0.4, -0.2) is 52.2 Å². The zero-order valence-electron chi connectivity index (χ0n) is 16.5. The fourth-order valence-corrected chi connectivity index (χ4v) is 4.99. The normalized spacial score (nSPS) is 24.8. The molecule has 7 nitrogen and oxygen atoms in total. The summed E-state index contributed by atoms with van der Waals surface area (Å²) < 4.78 is 12.4. The van der Waals surface area contributed by atoms with Gasteiger partial charge in [0.25, 0.3) is 0 Å². The summed E-state index contributed by atoms with van der Waals surface area (Å²) in [6, 6.07) is 3.96. The van der Waals surface area contributed by atoms with Crippen LogP contribution in [0.3, 0.4) is 0 Å². The van der Waals surface area contributed by atoms with Gasteiger partial charge in [0.05, 0.1) is 12.2 Å². The zero-order valence-corrected chi connectivity index (χ0v) is 17.3. The molecular formula is C20H26N4O3S. The lowest BCUT2D eigenvalue weighted by atomic mass is 9.98. The van der Waals surface area contributed by atoms with Crippen LogP contribution in [0.4, 0.5) is 5.13 Å². The lowest BCUT2D eigenvalue weighted by molar-refractivity contribution is -0.114. The molecule has 4 heterocycles. The number of amides is 1. The van der Waals surface area contributed by atoms with Crippen molar-refractivity contribution in [2.24, 2.45) is 0 Å². The predicted octanol–water partition coefficient (Wildman–Crippen LogP) is 2.93. The van der Waals surface area contributed by atoms with E-state index in [1.54, 1.807) is 0 Å². The molecule has 28 heavy (non-hydrogen) atoms. The minimum atomic E-state index is -0.118. The third kappa shape index (κ3) is 4.51. The first-order chi connectivity index (χ1) is 13.4. The first-order valence-corrected chi connectivity index (χ1v) is 10.4. The van der Waals surface area contributed by atoms with Gasteiger partial charge in [-0.2, -0.15) is 0 Å². The Morgan fingerprint density at radius 2 is 2.21 bits per heavy atom. The Bertz CT molecular complexity index is 851. The van der Waals surface area contributed by atoms with Gasteiger partial charge in [-0.05, 0) is 20.3 Å². The average molecular weight is 403 g/mol. The highest BCUT2D eigenvalue weighted by atomic mass is 32.1. The van der Waals surface area contributed by atoms with E-state index in [-0.39, 0.29) is 17.6 Å². The molecule has 0 aliphatic carbocycles. The maximum atomic E-state index is 11.1. The number of nitrogens with one attached hydrogen (secondary N) is 1. The van der Waals surface area contributed by atoms with Gasteiger partial charge in [0.15, 0.2) is 5.13 Å². The number of thiazole rings is 1. The van der Waals surface area contributed by atoms with Crippen LogP contribution in [0.25, 0.3) is 0 Å². The monoisotopic (exact) mass is 402 g/mol. The molecule has 2 fully saturated rings. The van der Waals surface area contributed by atoms with E-state index in [1.165, 1.54) is 18.3 Å². The van der Waals surface area contributed by atoms with Gasteiger partial charge in [0.2, 0.25) is 5.91 Å². The Hall–Kier alpha value is -2.03. The Labute approximate surface area is 169 Å². The Balaban J connectivity index is 1.32. The number of hydrogen-bond donors (Lipinski definition) is 1.